The zero-order chi connectivity index (χ0) is 32.4. The van der Waals surface area contributed by atoms with Crippen molar-refractivity contribution in [3.05, 3.63) is 83.3 Å². The molecule has 0 spiro atoms. The van der Waals surface area contributed by atoms with Crippen molar-refractivity contribution in [1.29, 1.82) is 0 Å². The number of ether oxygens (including phenoxy) is 4. The number of fused-ring (bicyclic) bond motifs is 2. The van der Waals surface area contributed by atoms with Crippen LogP contribution in [0.25, 0.3) is 21.2 Å². The highest BCUT2D eigenvalue weighted by Gasteiger charge is 2.47. The molecule has 6 rings (SSSR count). The van der Waals surface area contributed by atoms with Crippen molar-refractivity contribution in [2.45, 2.75) is 39.2 Å². The van der Waals surface area contributed by atoms with E-state index in [1.807, 2.05) is 13.0 Å². The first kappa shape index (κ1) is 31.0. The van der Waals surface area contributed by atoms with Crippen molar-refractivity contribution in [2.24, 2.45) is 0 Å². The quantitative estimate of drug-likeness (QED) is 0.101. The number of methoxy groups -OCH3 is 2. The summed E-state index contributed by atoms with van der Waals surface area (Å²) >= 11 is 1.25. The Morgan fingerprint density at radius 2 is 1.83 bits per heavy atom. The number of anilines is 1. The van der Waals surface area contributed by atoms with Crippen LogP contribution >= 0.6 is 11.3 Å². The molecule has 46 heavy (non-hydrogen) atoms. The van der Waals surface area contributed by atoms with Crippen molar-refractivity contribution in [3.63, 3.8) is 0 Å². The first-order chi connectivity index (χ1) is 22.4. The molecule has 3 aromatic carbocycles. The van der Waals surface area contributed by atoms with Crippen molar-refractivity contribution < 1.29 is 38.1 Å². The maximum absolute atomic E-state index is 14.2. The van der Waals surface area contributed by atoms with Gasteiger partial charge in [0.2, 0.25) is 5.78 Å². The summed E-state index contributed by atoms with van der Waals surface area (Å²) in [5, 5.41) is 12.3. The predicted octanol–water partition coefficient (Wildman–Crippen LogP) is 7.81. The maximum Gasteiger partial charge on any atom is 0.296 e. The molecular formula is C35H34N2O8S. The Labute approximate surface area is 269 Å². The Kier molecular flexibility index (Phi) is 8.85. The van der Waals surface area contributed by atoms with Crippen molar-refractivity contribution in [1.82, 2.24) is 4.98 Å². The van der Waals surface area contributed by atoms with E-state index in [0.29, 0.717) is 63.4 Å². The number of nitrogens with zero attached hydrogens (tertiary/aromatic N) is 2. The molecule has 1 atom stereocenters. The maximum atomic E-state index is 14.2. The zero-order valence-electron chi connectivity index (χ0n) is 26.0. The van der Waals surface area contributed by atoms with Gasteiger partial charge in [0.1, 0.15) is 5.75 Å². The van der Waals surface area contributed by atoms with Crippen LogP contribution in [0.4, 0.5) is 5.13 Å². The highest BCUT2D eigenvalue weighted by molar-refractivity contribution is 7.22. The van der Waals surface area contributed by atoms with E-state index in [9.17, 15) is 14.7 Å². The molecule has 2 aromatic heterocycles. The lowest BCUT2D eigenvalue weighted by Gasteiger charge is -2.25. The van der Waals surface area contributed by atoms with Gasteiger partial charge >= 0.3 is 0 Å². The van der Waals surface area contributed by atoms with E-state index in [0.717, 1.165) is 24.0 Å². The minimum atomic E-state index is -1.05. The average molecular weight is 643 g/mol. The van der Waals surface area contributed by atoms with Gasteiger partial charge < -0.3 is 28.5 Å². The summed E-state index contributed by atoms with van der Waals surface area (Å²) < 4.78 is 29.5. The fourth-order valence-electron chi connectivity index (χ4n) is 5.53. The van der Waals surface area contributed by atoms with Crippen LogP contribution in [0.5, 0.6) is 23.0 Å². The number of amides is 1. The number of rotatable bonds is 13. The summed E-state index contributed by atoms with van der Waals surface area (Å²) in [6.07, 6.45) is 3.00. The first-order valence-corrected chi connectivity index (χ1v) is 15.9. The number of carbonyl (C=O) groups is 2. The van der Waals surface area contributed by atoms with E-state index < -0.39 is 23.5 Å². The summed E-state index contributed by atoms with van der Waals surface area (Å²) in [5.41, 5.74) is 1.41. The number of hydrogen-bond acceptors (Lipinski definition) is 10. The molecule has 1 aliphatic heterocycles. The van der Waals surface area contributed by atoms with Gasteiger partial charge in [-0.05, 0) is 61.4 Å². The Morgan fingerprint density at radius 1 is 0.978 bits per heavy atom. The smallest absolute Gasteiger partial charge is 0.296 e. The van der Waals surface area contributed by atoms with E-state index in [2.05, 4.69) is 6.92 Å². The second-order valence-corrected chi connectivity index (χ2v) is 11.7. The lowest BCUT2D eigenvalue weighted by molar-refractivity contribution is -0.117. The molecule has 0 saturated heterocycles. The van der Waals surface area contributed by atoms with Crippen LogP contribution in [0.1, 0.15) is 55.3 Å². The van der Waals surface area contributed by atoms with Gasteiger partial charge in [-0.25, -0.2) is 4.98 Å². The van der Waals surface area contributed by atoms with Gasteiger partial charge in [0.05, 0.1) is 49.3 Å². The number of benzene rings is 3. The van der Waals surface area contributed by atoms with Crippen LogP contribution in [0.3, 0.4) is 0 Å². The van der Waals surface area contributed by atoms with Gasteiger partial charge in [0, 0.05) is 5.39 Å². The van der Waals surface area contributed by atoms with Gasteiger partial charge in [-0.3, -0.25) is 14.5 Å². The number of para-hydroxylation sites is 1. The fourth-order valence-corrected chi connectivity index (χ4v) is 6.55. The van der Waals surface area contributed by atoms with Crippen LogP contribution in [0.15, 0.2) is 76.4 Å². The van der Waals surface area contributed by atoms with E-state index in [-0.39, 0.29) is 11.3 Å². The highest BCUT2D eigenvalue weighted by atomic mass is 32.1. The SMILES string of the molecule is CCCCCOc1ccc(C2C(C(=O)c3cc4cccc(OC)c4o3)=C(O)C(=O)N2c2nc3ccc(OC)cc3s2)cc1OCC. The topological polar surface area (TPSA) is 121 Å². The van der Waals surface area contributed by atoms with E-state index in [1.54, 1.807) is 61.7 Å². The Bertz CT molecular complexity index is 1960. The molecule has 0 saturated carbocycles. The predicted molar refractivity (Wildman–Crippen MR) is 176 cm³/mol. The molecule has 1 aliphatic rings. The third kappa shape index (κ3) is 5.62. The second kappa shape index (κ2) is 13.1. The standard InChI is InChI=1S/C35H34N2O8S/c1-5-7-8-16-44-24-15-12-20(17-26(24)43-6-2)30-29(31(38)27-18-21-10-9-11-25(42-4)33(21)45-27)32(39)34(40)37(30)35-36-23-14-13-22(41-3)19-28(23)46-35/h9-15,17-19,30,39H,5-8,16H2,1-4H3. The molecule has 11 heteroatoms. The minimum Gasteiger partial charge on any atom is -0.503 e. The summed E-state index contributed by atoms with van der Waals surface area (Å²) in [6.45, 7) is 4.89. The first-order valence-electron chi connectivity index (χ1n) is 15.1. The molecule has 10 nitrogen and oxygen atoms in total. The van der Waals surface area contributed by atoms with Crippen molar-refractivity contribution >= 4 is 49.3 Å². The molecule has 1 N–H and O–H groups in total. The molecule has 238 valence electrons. The molecule has 0 radical (unpaired) electrons. The summed E-state index contributed by atoms with van der Waals surface area (Å²) in [7, 11) is 3.08. The summed E-state index contributed by atoms with van der Waals surface area (Å²) in [6, 6.07) is 16.5. The van der Waals surface area contributed by atoms with Crippen molar-refractivity contribution in [3.8, 4) is 23.0 Å². The monoisotopic (exact) mass is 642 g/mol. The van der Waals surface area contributed by atoms with Gasteiger partial charge in [-0.15, -0.1) is 0 Å². The Hall–Kier alpha value is -5.03. The fraction of sp³-hybridized carbons (Fsp3) is 0.286. The number of unbranched alkanes of at least 4 members (excludes halogenated alkanes) is 2. The van der Waals surface area contributed by atoms with Gasteiger partial charge in [-0.1, -0.05) is 49.3 Å². The van der Waals surface area contributed by atoms with Crippen LogP contribution < -0.4 is 23.8 Å². The second-order valence-electron chi connectivity index (χ2n) is 10.7. The molecule has 1 amide bonds. The number of aliphatic hydroxyl groups is 1. The third-order valence-corrected chi connectivity index (χ3v) is 8.80. The van der Waals surface area contributed by atoms with Gasteiger partial charge in [0.25, 0.3) is 5.91 Å². The number of carbonyl (C=O) groups excluding carboxylic acids is 2. The van der Waals surface area contributed by atoms with Crippen molar-refractivity contribution in [2.75, 3.05) is 32.3 Å². The van der Waals surface area contributed by atoms with Crippen LogP contribution in [0.2, 0.25) is 0 Å². The van der Waals surface area contributed by atoms with E-state index >= 15 is 0 Å². The average Bonchev–Trinajstić information content (AvgIpc) is 3.77. The number of aliphatic hydroxyl groups excluding tert-OH is 1. The minimum absolute atomic E-state index is 0.0457. The largest absolute Gasteiger partial charge is 0.503 e. The molecular weight excluding hydrogens is 608 g/mol. The lowest BCUT2D eigenvalue weighted by Crippen LogP contribution is -2.31. The zero-order valence-corrected chi connectivity index (χ0v) is 26.8. The third-order valence-electron chi connectivity index (χ3n) is 7.78. The molecule has 3 heterocycles. The Balaban J connectivity index is 1.47. The summed E-state index contributed by atoms with van der Waals surface area (Å²) in [5.74, 6) is -0.0214. The number of ketones is 1. The van der Waals surface area contributed by atoms with E-state index in [1.165, 1.54) is 23.3 Å². The number of thiazole rings is 1. The van der Waals surface area contributed by atoms with E-state index in [4.69, 9.17) is 28.3 Å². The number of furan rings is 1. The molecule has 0 fully saturated rings. The van der Waals surface area contributed by atoms with Crippen LogP contribution in [0, 0.1) is 0 Å². The normalized spacial score (nSPS) is 14.8. The van der Waals surface area contributed by atoms with Crippen LogP contribution in [-0.4, -0.2) is 49.2 Å². The Morgan fingerprint density at radius 3 is 2.59 bits per heavy atom. The lowest BCUT2D eigenvalue weighted by atomic mass is 9.95. The molecule has 0 bridgehead atoms. The van der Waals surface area contributed by atoms with Gasteiger partial charge in [0.15, 0.2) is 39.5 Å². The molecule has 0 aliphatic carbocycles. The van der Waals surface area contributed by atoms with Gasteiger partial charge in [-0.2, -0.15) is 0 Å². The number of hydrogen-bond donors (Lipinski definition) is 1. The summed E-state index contributed by atoms with van der Waals surface area (Å²) in [4.78, 5) is 34.2. The number of Topliss-reactive ketones (excluding diaryl/α,β-unsaturated/α-hetero) is 1. The molecule has 1 unspecified atom stereocenters. The van der Waals surface area contributed by atoms with Crippen LogP contribution in [-0.2, 0) is 4.79 Å². The highest BCUT2D eigenvalue weighted by Crippen LogP contribution is 2.46. The number of aromatic nitrogens is 1. The molecule has 5 aromatic rings.